The third kappa shape index (κ3) is 6.57. The molecule has 0 heterocycles. The summed E-state index contributed by atoms with van der Waals surface area (Å²) in [5, 5.41) is 2.38. The Labute approximate surface area is 104 Å². The van der Waals surface area contributed by atoms with Gasteiger partial charge >= 0.3 is 6.09 Å². The zero-order valence-electron chi connectivity index (χ0n) is 9.33. The number of carbonyl (C=O) groups is 1. The van der Waals surface area contributed by atoms with Crippen molar-refractivity contribution in [3.8, 4) is 9.85 Å². The Kier molecular flexibility index (Phi) is 7.52. The maximum atomic E-state index is 10.9. The monoisotopic (exact) mass is 325 g/mol. The minimum Gasteiger partial charge on any atom is -0.444 e. The van der Waals surface area contributed by atoms with Crippen LogP contribution in [0.4, 0.5) is 4.79 Å². The summed E-state index contributed by atoms with van der Waals surface area (Å²) in [6.45, 7) is 5.48. The molecule has 0 aromatic heterocycles. The molecule has 0 aliphatic heterocycles. The van der Waals surface area contributed by atoms with Crippen LogP contribution in [0.3, 0.4) is 0 Å². The number of nitrogens with one attached hydrogen (secondary N) is 1. The van der Waals surface area contributed by atoms with Crippen molar-refractivity contribution in [2.75, 3.05) is 7.05 Å². The van der Waals surface area contributed by atoms with E-state index in [1.54, 1.807) is 6.92 Å². The van der Waals surface area contributed by atoms with E-state index in [2.05, 4.69) is 15.2 Å². The van der Waals surface area contributed by atoms with Crippen LogP contribution in [0.15, 0.2) is 0 Å². The number of carbonyl (C=O) groups excluding carboxylic acids is 1. The van der Waals surface area contributed by atoms with Gasteiger partial charge in [0.15, 0.2) is 0 Å². The van der Waals surface area contributed by atoms with Crippen LogP contribution in [-0.4, -0.2) is 31.5 Å². The molecule has 4 nitrogen and oxygen atoms in total. The summed E-state index contributed by atoms with van der Waals surface area (Å²) in [6.07, 6.45) is -1.10. The first-order chi connectivity index (χ1) is 7.01. The molecule has 0 aromatic rings. The highest BCUT2D eigenvalue weighted by atomic mass is 127. The van der Waals surface area contributed by atoms with Crippen molar-refractivity contribution in [1.82, 2.24) is 5.32 Å². The molecule has 86 valence electrons. The van der Waals surface area contributed by atoms with E-state index in [9.17, 15) is 4.79 Å². The molecule has 0 aromatic carbocycles. The topological polar surface area (TPSA) is 47.6 Å². The average Bonchev–Trinajstić information content (AvgIpc) is 2.17. The van der Waals surface area contributed by atoms with Crippen molar-refractivity contribution < 1.29 is 14.3 Å². The number of amides is 1. The number of alkyl carbamates (subject to hydrolysis) is 1. The van der Waals surface area contributed by atoms with Gasteiger partial charge in [-0.25, -0.2) is 4.79 Å². The molecular weight excluding hydrogens is 309 g/mol. The first-order valence-corrected chi connectivity index (χ1v) is 5.74. The number of hydrogen-bond acceptors (Lipinski definition) is 3. The van der Waals surface area contributed by atoms with Crippen LogP contribution in [0.2, 0.25) is 0 Å². The van der Waals surface area contributed by atoms with Gasteiger partial charge in [0.1, 0.15) is 12.2 Å². The van der Waals surface area contributed by atoms with E-state index in [1.165, 1.54) is 7.05 Å². The van der Waals surface area contributed by atoms with Crippen molar-refractivity contribution in [2.24, 2.45) is 0 Å². The van der Waals surface area contributed by atoms with E-state index in [4.69, 9.17) is 9.47 Å². The predicted molar refractivity (Wildman–Crippen MR) is 66.8 cm³/mol. The fourth-order valence-electron chi connectivity index (χ4n) is 0.867. The normalized spacial score (nSPS) is 15.5. The molecule has 0 saturated carbocycles. The second-order valence-corrected chi connectivity index (χ2v) is 3.62. The molecule has 0 fully saturated rings. The third-order valence-corrected chi connectivity index (χ3v) is 2.15. The van der Waals surface area contributed by atoms with Crippen LogP contribution in [0.25, 0.3) is 0 Å². The average molecular weight is 325 g/mol. The standard InChI is InChI=1S/C10H16INO3/c1-7(5-6-11)14-8(2)9(3)15-10(13)12-4/h7-9H,1-4H3,(H,12,13). The molecular formula is C10H16INO3. The Bertz CT molecular complexity index is 259. The van der Waals surface area contributed by atoms with Gasteiger partial charge in [0, 0.05) is 29.6 Å². The van der Waals surface area contributed by atoms with Crippen molar-refractivity contribution >= 4 is 28.7 Å². The summed E-state index contributed by atoms with van der Waals surface area (Å²) in [5.74, 6) is 2.86. The number of ether oxygens (including phenoxy) is 2. The van der Waals surface area contributed by atoms with E-state index in [0.717, 1.165) is 0 Å². The fourth-order valence-corrected chi connectivity index (χ4v) is 1.31. The quantitative estimate of drug-likeness (QED) is 0.635. The van der Waals surface area contributed by atoms with Crippen molar-refractivity contribution in [3.63, 3.8) is 0 Å². The number of hydrogen-bond donors (Lipinski definition) is 1. The van der Waals surface area contributed by atoms with Gasteiger partial charge in [-0.05, 0) is 24.7 Å². The smallest absolute Gasteiger partial charge is 0.407 e. The summed E-state index contributed by atoms with van der Waals surface area (Å²) in [7, 11) is 1.52. The van der Waals surface area contributed by atoms with Gasteiger partial charge in [-0.1, -0.05) is 5.92 Å². The summed E-state index contributed by atoms with van der Waals surface area (Å²) in [6, 6.07) is 0. The zero-order chi connectivity index (χ0) is 11.8. The largest absolute Gasteiger partial charge is 0.444 e. The lowest BCUT2D eigenvalue weighted by atomic mass is 10.2. The molecule has 0 bridgehead atoms. The molecule has 3 unspecified atom stereocenters. The number of halogens is 1. The van der Waals surface area contributed by atoms with Crippen LogP contribution in [-0.2, 0) is 9.47 Å². The maximum Gasteiger partial charge on any atom is 0.407 e. The Balaban J connectivity index is 4.01. The minimum absolute atomic E-state index is 0.160. The van der Waals surface area contributed by atoms with Gasteiger partial charge in [0.2, 0.25) is 0 Å². The highest BCUT2D eigenvalue weighted by molar-refractivity contribution is 14.1. The maximum absolute atomic E-state index is 10.9. The second kappa shape index (κ2) is 7.77. The Morgan fingerprint density at radius 1 is 1.33 bits per heavy atom. The summed E-state index contributed by atoms with van der Waals surface area (Å²) < 4.78 is 13.3. The second-order valence-electron chi connectivity index (χ2n) is 3.08. The molecule has 0 radical (unpaired) electrons. The Morgan fingerprint density at radius 3 is 2.40 bits per heavy atom. The minimum atomic E-state index is -0.453. The van der Waals surface area contributed by atoms with Crippen molar-refractivity contribution in [2.45, 2.75) is 39.1 Å². The predicted octanol–water partition coefficient (Wildman–Crippen LogP) is 1.92. The summed E-state index contributed by atoms with van der Waals surface area (Å²) in [5.41, 5.74) is 0. The first-order valence-electron chi connectivity index (χ1n) is 4.66. The zero-order valence-corrected chi connectivity index (χ0v) is 11.5. The van der Waals surface area contributed by atoms with Crippen molar-refractivity contribution in [3.05, 3.63) is 0 Å². The number of rotatable bonds is 4. The first kappa shape index (κ1) is 14.5. The van der Waals surface area contributed by atoms with Gasteiger partial charge in [0.25, 0.3) is 0 Å². The fraction of sp³-hybridized carbons (Fsp3) is 0.700. The highest BCUT2D eigenvalue weighted by Gasteiger charge is 2.18. The highest BCUT2D eigenvalue weighted by Crippen LogP contribution is 2.06. The summed E-state index contributed by atoms with van der Waals surface area (Å²) in [4.78, 5) is 10.9. The molecule has 1 amide bonds. The van der Waals surface area contributed by atoms with Crippen LogP contribution >= 0.6 is 22.6 Å². The van der Waals surface area contributed by atoms with Gasteiger partial charge in [-0.3, -0.25) is 0 Å². The molecule has 0 saturated heterocycles. The van der Waals surface area contributed by atoms with E-state index >= 15 is 0 Å². The molecule has 0 aliphatic rings. The van der Waals surface area contributed by atoms with Gasteiger partial charge < -0.3 is 14.8 Å². The molecule has 1 N–H and O–H groups in total. The van der Waals surface area contributed by atoms with E-state index < -0.39 is 6.09 Å². The Hall–Kier alpha value is -0.480. The SMILES string of the molecule is CNC(=O)OC(C)C(C)OC(C)C#CI. The van der Waals surface area contributed by atoms with E-state index in [0.29, 0.717) is 0 Å². The van der Waals surface area contributed by atoms with E-state index in [1.807, 2.05) is 36.4 Å². The van der Waals surface area contributed by atoms with Crippen LogP contribution < -0.4 is 5.32 Å². The molecule has 0 rings (SSSR count). The lowest BCUT2D eigenvalue weighted by Crippen LogP contribution is -2.34. The third-order valence-electron chi connectivity index (χ3n) is 1.83. The van der Waals surface area contributed by atoms with Gasteiger partial charge in [0.05, 0.1) is 6.10 Å². The van der Waals surface area contributed by atoms with Crippen LogP contribution in [0.1, 0.15) is 20.8 Å². The summed E-state index contributed by atoms with van der Waals surface area (Å²) >= 11 is 1.96. The lowest BCUT2D eigenvalue weighted by Gasteiger charge is -2.22. The molecule has 3 atom stereocenters. The van der Waals surface area contributed by atoms with Crippen LogP contribution in [0, 0.1) is 9.85 Å². The Morgan fingerprint density at radius 2 is 1.93 bits per heavy atom. The van der Waals surface area contributed by atoms with Crippen molar-refractivity contribution in [1.29, 1.82) is 0 Å². The molecule has 5 heteroatoms. The van der Waals surface area contributed by atoms with Gasteiger partial charge in [-0.15, -0.1) is 0 Å². The molecule has 0 spiro atoms. The van der Waals surface area contributed by atoms with Crippen LogP contribution in [0.5, 0.6) is 0 Å². The van der Waals surface area contributed by atoms with E-state index in [-0.39, 0.29) is 18.3 Å². The lowest BCUT2D eigenvalue weighted by molar-refractivity contribution is -0.0409. The molecule has 0 aliphatic carbocycles. The molecule has 15 heavy (non-hydrogen) atoms. The van der Waals surface area contributed by atoms with Gasteiger partial charge in [-0.2, -0.15) is 0 Å².